The summed E-state index contributed by atoms with van der Waals surface area (Å²) in [5, 5.41) is 0. The normalized spacial score (nSPS) is 21.2. The van der Waals surface area contributed by atoms with Crippen LogP contribution in [-0.2, 0) is 16.4 Å². The molecule has 1 atom stereocenters. The molecule has 2 fully saturated rings. The van der Waals surface area contributed by atoms with Gasteiger partial charge in [0.2, 0.25) is 0 Å². The highest BCUT2D eigenvalue weighted by atomic mass is 32.2. The number of fused-ring (bicyclic) bond motifs is 1. The van der Waals surface area contributed by atoms with Crippen LogP contribution in [0.15, 0.2) is 47.4 Å². The quantitative estimate of drug-likeness (QED) is 0.694. The highest BCUT2D eigenvalue weighted by Crippen LogP contribution is 2.34. The Hall–Kier alpha value is -2.58. The van der Waals surface area contributed by atoms with Crippen LogP contribution in [0.4, 0.5) is 5.69 Å². The molecule has 3 heterocycles. The minimum atomic E-state index is -3.78. The van der Waals surface area contributed by atoms with Gasteiger partial charge in [-0.05, 0) is 68.6 Å². The summed E-state index contributed by atoms with van der Waals surface area (Å²) in [6, 6.07) is 12.6. The van der Waals surface area contributed by atoms with E-state index in [1.807, 2.05) is 29.2 Å². The number of hydrogen-bond acceptors (Lipinski definition) is 5. The van der Waals surface area contributed by atoms with Crippen molar-refractivity contribution in [1.29, 1.82) is 0 Å². The number of amides is 1. The third-order valence-corrected chi connectivity index (χ3v) is 8.75. The molecule has 2 aromatic rings. The zero-order valence-electron chi connectivity index (χ0n) is 18.4. The summed E-state index contributed by atoms with van der Waals surface area (Å²) in [6.45, 7) is 3.96. The Kier molecular flexibility index (Phi) is 5.59. The summed E-state index contributed by atoms with van der Waals surface area (Å²) in [6.07, 6.45) is 4.08. The first-order chi connectivity index (χ1) is 15.5. The summed E-state index contributed by atoms with van der Waals surface area (Å²) in [7, 11) is -2.27. The fourth-order valence-corrected chi connectivity index (χ4v) is 6.73. The first kappa shape index (κ1) is 21.3. The van der Waals surface area contributed by atoms with E-state index in [2.05, 4.69) is 4.90 Å². The Morgan fingerprint density at radius 1 is 1.03 bits per heavy atom. The molecule has 2 aromatic carbocycles. The molecule has 8 heteroatoms. The van der Waals surface area contributed by atoms with Crippen molar-refractivity contribution >= 4 is 21.6 Å². The average molecular weight is 456 g/mol. The van der Waals surface area contributed by atoms with E-state index in [9.17, 15) is 13.2 Å². The molecular weight excluding hydrogens is 426 g/mol. The van der Waals surface area contributed by atoms with Gasteiger partial charge < -0.3 is 9.64 Å². The second-order valence-electron chi connectivity index (χ2n) is 8.75. The van der Waals surface area contributed by atoms with E-state index in [1.54, 1.807) is 6.07 Å². The number of ether oxygens (including phenoxy) is 1. The van der Waals surface area contributed by atoms with Gasteiger partial charge in [-0.1, -0.05) is 18.2 Å². The number of carbonyl (C=O) groups excluding carboxylic acids is 1. The molecule has 1 unspecified atom stereocenters. The number of rotatable bonds is 5. The van der Waals surface area contributed by atoms with E-state index in [1.165, 1.54) is 36.4 Å². The Morgan fingerprint density at radius 2 is 1.81 bits per heavy atom. The van der Waals surface area contributed by atoms with Crippen molar-refractivity contribution < 1.29 is 17.9 Å². The van der Waals surface area contributed by atoms with Gasteiger partial charge in [-0.15, -0.1) is 0 Å². The van der Waals surface area contributed by atoms with Gasteiger partial charge >= 0.3 is 0 Å². The number of carbonyl (C=O) groups is 1. The average Bonchev–Trinajstić information content (AvgIpc) is 3.58. The topological polar surface area (TPSA) is 70.2 Å². The highest BCUT2D eigenvalue weighted by molar-refractivity contribution is 7.92. The maximum Gasteiger partial charge on any atom is 0.264 e. The lowest BCUT2D eigenvalue weighted by Gasteiger charge is -2.24. The largest absolute Gasteiger partial charge is 0.496 e. The van der Waals surface area contributed by atoms with E-state index in [-0.39, 0.29) is 10.8 Å². The fraction of sp³-hybridized carbons (Fsp3) is 0.458. The van der Waals surface area contributed by atoms with E-state index in [4.69, 9.17) is 4.74 Å². The lowest BCUT2D eigenvalue weighted by molar-refractivity contribution is 0.0776. The minimum absolute atomic E-state index is 0.119. The summed E-state index contributed by atoms with van der Waals surface area (Å²) < 4.78 is 33.8. The molecule has 0 saturated carbocycles. The lowest BCUT2D eigenvalue weighted by Crippen LogP contribution is -2.37. The molecule has 0 N–H and O–H groups in total. The molecular formula is C24H29N3O4S. The smallest absolute Gasteiger partial charge is 0.264 e. The van der Waals surface area contributed by atoms with Crippen LogP contribution in [0.2, 0.25) is 0 Å². The third kappa shape index (κ3) is 3.65. The first-order valence-corrected chi connectivity index (χ1v) is 12.7. The molecule has 1 amide bonds. The number of methoxy groups -OCH3 is 1. The third-order valence-electron chi connectivity index (χ3n) is 6.94. The van der Waals surface area contributed by atoms with E-state index < -0.39 is 10.0 Å². The van der Waals surface area contributed by atoms with Gasteiger partial charge in [-0.2, -0.15) is 0 Å². The van der Waals surface area contributed by atoms with Crippen molar-refractivity contribution in [1.82, 2.24) is 9.80 Å². The molecule has 0 aromatic heterocycles. The molecule has 5 rings (SSSR count). The van der Waals surface area contributed by atoms with Gasteiger partial charge in [0.25, 0.3) is 15.9 Å². The monoisotopic (exact) mass is 455 g/mol. The van der Waals surface area contributed by atoms with Crippen molar-refractivity contribution in [2.24, 2.45) is 0 Å². The molecule has 0 radical (unpaired) electrons. The number of anilines is 1. The van der Waals surface area contributed by atoms with Crippen LogP contribution >= 0.6 is 0 Å². The second-order valence-corrected chi connectivity index (χ2v) is 10.6. The van der Waals surface area contributed by atoms with Crippen LogP contribution < -0.4 is 9.04 Å². The van der Waals surface area contributed by atoms with Crippen LogP contribution in [0.25, 0.3) is 0 Å². The fourth-order valence-electron chi connectivity index (χ4n) is 5.20. The SMILES string of the molecule is COc1ccc(S(=O)(=O)N2CCc3ccccc32)cc1C(=O)N1CCC(N2CCCC2)C1. The zero-order valence-corrected chi connectivity index (χ0v) is 19.2. The van der Waals surface area contributed by atoms with Crippen LogP contribution in [0.3, 0.4) is 0 Å². The summed E-state index contributed by atoms with van der Waals surface area (Å²) in [5.41, 5.74) is 2.04. The molecule has 3 aliphatic rings. The molecule has 32 heavy (non-hydrogen) atoms. The maximum absolute atomic E-state index is 13.5. The van der Waals surface area contributed by atoms with Gasteiger partial charge in [0.15, 0.2) is 0 Å². The van der Waals surface area contributed by atoms with E-state index >= 15 is 0 Å². The van der Waals surface area contributed by atoms with Gasteiger partial charge in [-0.25, -0.2) is 8.42 Å². The first-order valence-electron chi connectivity index (χ1n) is 11.3. The number of benzene rings is 2. The van der Waals surface area contributed by atoms with Crippen molar-refractivity contribution in [2.45, 2.75) is 36.6 Å². The maximum atomic E-state index is 13.5. The minimum Gasteiger partial charge on any atom is -0.496 e. The standard InChI is InChI=1S/C24H29N3O4S/c1-31-23-9-8-20(32(29,30)27-15-10-18-6-2-3-7-22(18)27)16-21(23)24(28)26-14-11-19(17-26)25-12-4-5-13-25/h2-3,6-9,16,19H,4-5,10-15,17H2,1H3. The predicted octanol–water partition coefficient (Wildman–Crippen LogP) is 2.76. The van der Waals surface area contributed by atoms with Gasteiger partial charge in [0.05, 0.1) is 23.3 Å². The number of para-hydroxylation sites is 1. The van der Waals surface area contributed by atoms with Crippen LogP contribution in [0.5, 0.6) is 5.75 Å². The number of hydrogen-bond donors (Lipinski definition) is 0. The molecule has 3 aliphatic heterocycles. The van der Waals surface area contributed by atoms with Crippen LogP contribution in [0, 0.1) is 0 Å². The summed E-state index contributed by atoms with van der Waals surface area (Å²) in [5.74, 6) is 0.239. The van der Waals surface area contributed by atoms with E-state index in [0.29, 0.717) is 49.1 Å². The molecule has 7 nitrogen and oxygen atoms in total. The van der Waals surface area contributed by atoms with Crippen LogP contribution in [-0.4, -0.2) is 70.0 Å². The molecule has 170 valence electrons. The van der Waals surface area contributed by atoms with Crippen molar-refractivity contribution in [3.05, 3.63) is 53.6 Å². The number of likely N-dealkylation sites (tertiary alicyclic amines) is 2. The Balaban J connectivity index is 1.42. The molecule has 0 bridgehead atoms. The number of nitrogens with zero attached hydrogens (tertiary/aromatic N) is 3. The van der Waals surface area contributed by atoms with E-state index in [0.717, 1.165) is 25.1 Å². The zero-order chi connectivity index (χ0) is 22.3. The Morgan fingerprint density at radius 3 is 2.59 bits per heavy atom. The molecule has 0 aliphatic carbocycles. The van der Waals surface area contributed by atoms with Crippen molar-refractivity contribution in [2.75, 3.05) is 44.1 Å². The molecule has 0 spiro atoms. The Bertz CT molecular complexity index is 1130. The Labute approximate surface area is 189 Å². The van der Waals surface area contributed by atoms with Crippen LogP contribution in [0.1, 0.15) is 35.2 Å². The highest BCUT2D eigenvalue weighted by Gasteiger charge is 2.35. The number of sulfonamides is 1. The summed E-state index contributed by atoms with van der Waals surface area (Å²) in [4.78, 5) is 17.8. The predicted molar refractivity (Wildman–Crippen MR) is 123 cm³/mol. The second kappa shape index (κ2) is 8.41. The molecule has 2 saturated heterocycles. The van der Waals surface area contributed by atoms with Crippen molar-refractivity contribution in [3.63, 3.8) is 0 Å². The lowest BCUT2D eigenvalue weighted by atomic mass is 10.1. The summed E-state index contributed by atoms with van der Waals surface area (Å²) >= 11 is 0. The van der Waals surface area contributed by atoms with Gasteiger partial charge in [0.1, 0.15) is 5.75 Å². The van der Waals surface area contributed by atoms with Gasteiger partial charge in [0, 0.05) is 25.7 Å². The van der Waals surface area contributed by atoms with Gasteiger partial charge in [-0.3, -0.25) is 14.0 Å². The van der Waals surface area contributed by atoms with Crippen molar-refractivity contribution in [3.8, 4) is 5.75 Å².